The Hall–Kier alpha value is -2.31. The van der Waals surface area contributed by atoms with E-state index in [9.17, 15) is 9.00 Å². The van der Waals surface area contributed by atoms with Gasteiger partial charge in [-0.3, -0.25) is 9.00 Å². The van der Waals surface area contributed by atoms with E-state index in [1.54, 1.807) is 0 Å². The van der Waals surface area contributed by atoms with Crippen LogP contribution in [0.25, 0.3) is 10.6 Å². The Balaban J connectivity index is 1.53. The Labute approximate surface area is 166 Å². The van der Waals surface area contributed by atoms with Gasteiger partial charge in [0, 0.05) is 21.7 Å². The summed E-state index contributed by atoms with van der Waals surface area (Å²) in [6.07, 6.45) is 0. The van der Waals surface area contributed by atoms with Crippen molar-refractivity contribution in [1.29, 1.82) is 0 Å². The summed E-state index contributed by atoms with van der Waals surface area (Å²) in [5.41, 5.74) is 4.04. The highest BCUT2D eigenvalue weighted by Gasteiger charge is 2.14. The van der Waals surface area contributed by atoms with Crippen molar-refractivity contribution in [2.75, 3.05) is 5.75 Å². The minimum atomic E-state index is -1.29. The molecule has 0 saturated carbocycles. The van der Waals surface area contributed by atoms with Crippen molar-refractivity contribution in [2.45, 2.75) is 25.6 Å². The summed E-state index contributed by atoms with van der Waals surface area (Å²) < 4.78 is 12.3. The van der Waals surface area contributed by atoms with Crippen LogP contribution in [0.15, 0.2) is 60.0 Å². The van der Waals surface area contributed by atoms with Gasteiger partial charge in [-0.1, -0.05) is 60.2 Å². The zero-order chi connectivity index (χ0) is 19.2. The maximum Gasteiger partial charge on any atom is 0.233 e. The minimum absolute atomic E-state index is 0.0193. The second-order valence-electron chi connectivity index (χ2n) is 6.44. The molecule has 3 aromatic rings. The Morgan fingerprint density at radius 1 is 1.15 bits per heavy atom. The lowest BCUT2D eigenvalue weighted by molar-refractivity contribution is -0.119. The summed E-state index contributed by atoms with van der Waals surface area (Å²) >= 11 is 1.53. The van der Waals surface area contributed by atoms with Gasteiger partial charge in [0.25, 0.3) is 0 Å². The Kier molecular flexibility index (Phi) is 6.53. The molecule has 0 aliphatic carbocycles. The topological polar surface area (TPSA) is 59.1 Å². The lowest BCUT2D eigenvalue weighted by Gasteiger charge is -2.13. The highest BCUT2D eigenvalue weighted by atomic mass is 32.2. The lowest BCUT2D eigenvalue weighted by Crippen LogP contribution is -2.31. The van der Waals surface area contributed by atoms with Crippen LogP contribution in [-0.2, 0) is 21.3 Å². The number of nitrogens with one attached hydrogen (secondary N) is 1. The molecule has 4 nitrogen and oxygen atoms in total. The van der Waals surface area contributed by atoms with Crippen LogP contribution in [0.3, 0.4) is 0 Å². The summed E-state index contributed by atoms with van der Waals surface area (Å²) in [6.45, 7) is 3.97. The Morgan fingerprint density at radius 3 is 2.56 bits per heavy atom. The fourth-order valence-electron chi connectivity index (χ4n) is 2.67. The molecule has 1 heterocycles. The van der Waals surface area contributed by atoms with Crippen molar-refractivity contribution in [3.05, 3.63) is 76.8 Å². The van der Waals surface area contributed by atoms with E-state index in [-0.39, 0.29) is 23.5 Å². The van der Waals surface area contributed by atoms with Crippen LogP contribution in [0.2, 0.25) is 0 Å². The average molecular weight is 399 g/mol. The van der Waals surface area contributed by atoms with Gasteiger partial charge >= 0.3 is 0 Å². The number of rotatable bonds is 7. The molecule has 0 bridgehead atoms. The fourth-order valence-corrected chi connectivity index (χ4v) is 4.56. The van der Waals surface area contributed by atoms with Gasteiger partial charge in [-0.25, -0.2) is 4.98 Å². The van der Waals surface area contributed by atoms with Crippen molar-refractivity contribution in [1.82, 2.24) is 10.3 Å². The summed E-state index contributed by atoms with van der Waals surface area (Å²) in [4.78, 5) is 16.7. The second-order valence-corrected chi connectivity index (χ2v) is 8.75. The highest BCUT2D eigenvalue weighted by Crippen LogP contribution is 2.24. The second kappa shape index (κ2) is 9.06. The molecule has 27 heavy (non-hydrogen) atoms. The van der Waals surface area contributed by atoms with E-state index in [0.717, 1.165) is 21.8 Å². The first-order valence-electron chi connectivity index (χ1n) is 8.72. The van der Waals surface area contributed by atoms with Gasteiger partial charge in [-0.05, 0) is 19.4 Å². The molecule has 0 unspecified atom stereocenters. The first-order chi connectivity index (χ1) is 13.0. The van der Waals surface area contributed by atoms with Crippen molar-refractivity contribution in [3.63, 3.8) is 0 Å². The number of benzene rings is 2. The molecule has 0 fully saturated rings. The van der Waals surface area contributed by atoms with Gasteiger partial charge in [-0.15, -0.1) is 11.3 Å². The number of amides is 1. The van der Waals surface area contributed by atoms with E-state index in [4.69, 9.17) is 0 Å². The zero-order valence-electron chi connectivity index (χ0n) is 15.3. The number of nitrogens with zero attached hydrogens (tertiary/aromatic N) is 1. The lowest BCUT2D eigenvalue weighted by atomic mass is 10.1. The number of thiazole rings is 1. The Morgan fingerprint density at radius 2 is 1.85 bits per heavy atom. The monoisotopic (exact) mass is 398 g/mol. The minimum Gasteiger partial charge on any atom is -0.349 e. The standard InChI is InChI=1S/C21H22N2O2S2/c1-15-8-10-18(11-9-15)21-23-19(12-26-21)13-27(25)14-20(24)22-16(2)17-6-4-3-5-7-17/h3-12,16H,13-14H2,1-2H3,(H,22,24)/t16-,27+/m1/s1. The van der Waals surface area contributed by atoms with E-state index in [1.165, 1.54) is 16.9 Å². The number of aryl methyl sites for hydroxylation is 1. The van der Waals surface area contributed by atoms with Gasteiger partial charge in [0.05, 0.1) is 17.5 Å². The highest BCUT2D eigenvalue weighted by molar-refractivity contribution is 7.84. The predicted molar refractivity (Wildman–Crippen MR) is 112 cm³/mol. The molecule has 0 spiro atoms. The number of hydrogen-bond donors (Lipinski definition) is 1. The van der Waals surface area contributed by atoms with Crippen LogP contribution in [0, 0.1) is 6.92 Å². The van der Waals surface area contributed by atoms with Gasteiger partial charge < -0.3 is 5.32 Å². The van der Waals surface area contributed by atoms with Crippen molar-refractivity contribution in [3.8, 4) is 10.6 Å². The maximum atomic E-state index is 12.3. The molecule has 1 amide bonds. The predicted octanol–water partition coefficient (Wildman–Crippen LogP) is 4.24. The van der Waals surface area contributed by atoms with Crippen LogP contribution in [0.4, 0.5) is 0 Å². The van der Waals surface area contributed by atoms with Crippen LogP contribution in [-0.4, -0.2) is 20.9 Å². The Bertz CT molecular complexity index is 921. The number of aromatic nitrogens is 1. The third-order valence-corrected chi connectivity index (χ3v) is 6.27. The molecule has 2 atom stereocenters. The smallest absolute Gasteiger partial charge is 0.233 e. The summed E-state index contributed by atoms with van der Waals surface area (Å²) in [5, 5.41) is 5.72. The quantitative estimate of drug-likeness (QED) is 0.647. The molecule has 140 valence electrons. The summed E-state index contributed by atoms with van der Waals surface area (Å²) in [5.74, 6) is 0.0584. The molecular weight excluding hydrogens is 376 g/mol. The average Bonchev–Trinajstić information content (AvgIpc) is 3.11. The van der Waals surface area contributed by atoms with Crippen LogP contribution < -0.4 is 5.32 Å². The normalized spacial score (nSPS) is 13.1. The van der Waals surface area contributed by atoms with E-state index >= 15 is 0 Å². The summed E-state index contributed by atoms with van der Waals surface area (Å²) in [6, 6.07) is 17.8. The van der Waals surface area contributed by atoms with E-state index in [2.05, 4.69) is 10.3 Å². The molecule has 0 saturated heterocycles. The largest absolute Gasteiger partial charge is 0.349 e. The fraction of sp³-hybridized carbons (Fsp3) is 0.238. The van der Waals surface area contributed by atoms with Crippen LogP contribution >= 0.6 is 11.3 Å². The summed E-state index contributed by atoms with van der Waals surface area (Å²) in [7, 11) is -1.29. The molecule has 1 aromatic heterocycles. The van der Waals surface area contributed by atoms with Gasteiger partial charge in [0.1, 0.15) is 10.8 Å². The third kappa shape index (κ3) is 5.58. The first kappa shape index (κ1) is 19.5. The van der Waals surface area contributed by atoms with E-state index in [1.807, 2.05) is 73.8 Å². The number of carbonyl (C=O) groups is 1. The van der Waals surface area contributed by atoms with Crippen molar-refractivity contribution < 1.29 is 9.00 Å². The van der Waals surface area contributed by atoms with Gasteiger partial charge in [0.15, 0.2) is 0 Å². The van der Waals surface area contributed by atoms with Gasteiger partial charge in [-0.2, -0.15) is 0 Å². The van der Waals surface area contributed by atoms with Crippen LogP contribution in [0.1, 0.15) is 29.8 Å². The molecular formula is C21H22N2O2S2. The number of hydrogen-bond acceptors (Lipinski definition) is 4. The first-order valence-corrected chi connectivity index (χ1v) is 11.1. The van der Waals surface area contributed by atoms with E-state index in [0.29, 0.717) is 0 Å². The number of carbonyl (C=O) groups excluding carboxylic acids is 1. The van der Waals surface area contributed by atoms with Crippen molar-refractivity contribution in [2.24, 2.45) is 0 Å². The van der Waals surface area contributed by atoms with Gasteiger partial charge in [0.2, 0.25) is 5.91 Å². The molecule has 6 heteroatoms. The zero-order valence-corrected chi connectivity index (χ0v) is 17.0. The molecule has 0 aliphatic heterocycles. The third-order valence-electron chi connectivity index (χ3n) is 4.13. The SMILES string of the molecule is Cc1ccc(-c2nc(C[S@](=O)CC(=O)N[C@H](C)c3ccccc3)cs2)cc1. The van der Waals surface area contributed by atoms with E-state index < -0.39 is 10.8 Å². The molecule has 0 aliphatic rings. The molecule has 3 rings (SSSR count). The molecule has 1 N–H and O–H groups in total. The molecule has 0 radical (unpaired) electrons. The molecule has 2 aromatic carbocycles. The van der Waals surface area contributed by atoms with Crippen LogP contribution in [0.5, 0.6) is 0 Å². The maximum absolute atomic E-state index is 12.3. The van der Waals surface area contributed by atoms with Crippen molar-refractivity contribution >= 4 is 28.0 Å².